The van der Waals surface area contributed by atoms with Crippen LogP contribution in [0.15, 0.2) is 12.4 Å². The maximum Gasteiger partial charge on any atom is 0.0645 e. The molecule has 0 radical (unpaired) electrons. The van der Waals surface area contributed by atoms with Gasteiger partial charge in [-0.05, 0) is 31.2 Å². The van der Waals surface area contributed by atoms with Crippen LogP contribution in [0, 0.1) is 5.92 Å². The normalized spacial score (nSPS) is 15.9. The van der Waals surface area contributed by atoms with Crippen LogP contribution in [-0.4, -0.2) is 20.5 Å². The van der Waals surface area contributed by atoms with Gasteiger partial charge in [-0.15, -0.1) is 0 Å². The molecule has 1 aromatic heterocycles. The van der Waals surface area contributed by atoms with Gasteiger partial charge < -0.3 is 5.11 Å². The van der Waals surface area contributed by atoms with Crippen molar-refractivity contribution in [1.82, 2.24) is 9.78 Å². The fourth-order valence-corrected chi connectivity index (χ4v) is 1.29. The number of rotatable bonds is 4. The average Bonchev–Trinajstić information content (AvgIpc) is 2.48. The zero-order valence-electron chi connectivity index (χ0n) is 9.49. The van der Waals surface area contributed by atoms with Crippen molar-refractivity contribution in [3.05, 3.63) is 18.0 Å². The van der Waals surface area contributed by atoms with Crippen molar-refractivity contribution < 1.29 is 5.11 Å². The van der Waals surface area contributed by atoms with E-state index in [2.05, 4.69) is 5.10 Å². The Balaban J connectivity index is 2.48. The summed E-state index contributed by atoms with van der Waals surface area (Å²) >= 11 is 0. The van der Waals surface area contributed by atoms with Crippen molar-refractivity contribution in [2.24, 2.45) is 13.0 Å². The predicted octanol–water partition coefficient (Wildman–Crippen LogP) is 1.76. The number of hydrogen-bond acceptors (Lipinski definition) is 2. The number of hydrogen-bond donors (Lipinski definition) is 1. The summed E-state index contributed by atoms with van der Waals surface area (Å²) in [6, 6.07) is 0. The van der Waals surface area contributed by atoms with Gasteiger partial charge in [0.25, 0.3) is 0 Å². The summed E-state index contributed by atoms with van der Waals surface area (Å²) < 4.78 is 1.79. The van der Waals surface area contributed by atoms with Gasteiger partial charge in [-0.2, -0.15) is 5.10 Å². The molecule has 0 amide bonds. The van der Waals surface area contributed by atoms with Gasteiger partial charge in [0.05, 0.1) is 11.8 Å². The minimum Gasteiger partial charge on any atom is -0.390 e. The minimum atomic E-state index is -0.574. The lowest BCUT2D eigenvalue weighted by atomic mass is 9.87. The van der Waals surface area contributed by atoms with Crippen LogP contribution < -0.4 is 0 Å². The molecule has 1 atom stereocenters. The fraction of sp³-hybridized carbons (Fsp3) is 0.727. The average molecular weight is 196 g/mol. The zero-order chi connectivity index (χ0) is 10.8. The Morgan fingerprint density at radius 1 is 1.57 bits per heavy atom. The molecule has 1 rings (SSSR count). The molecule has 0 saturated heterocycles. The molecule has 0 aliphatic carbocycles. The van der Waals surface area contributed by atoms with Crippen LogP contribution in [0.3, 0.4) is 0 Å². The van der Waals surface area contributed by atoms with Gasteiger partial charge >= 0.3 is 0 Å². The van der Waals surface area contributed by atoms with Gasteiger partial charge in [-0.1, -0.05) is 13.8 Å². The first-order chi connectivity index (χ1) is 6.42. The van der Waals surface area contributed by atoms with Gasteiger partial charge in [0.15, 0.2) is 0 Å². The molecule has 80 valence electrons. The molecule has 3 heteroatoms. The Morgan fingerprint density at radius 2 is 2.21 bits per heavy atom. The standard InChI is InChI=1S/C11H20N2O/c1-9(2)11(3,14)6-5-10-7-12-13(4)8-10/h7-9,14H,5-6H2,1-4H3. The Hall–Kier alpha value is -0.830. The van der Waals surface area contributed by atoms with Crippen molar-refractivity contribution in [2.45, 2.75) is 39.2 Å². The zero-order valence-corrected chi connectivity index (χ0v) is 9.49. The largest absolute Gasteiger partial charge is 0.390 e. The molecule has 0 bridgehead atoms. The summed E-state index contributed by atoms with van der Waals surface area (Å²) in [5.74, 6) is 0.291. The fourth-order valence-electron chi connectivity index (χ4n) is 1.29. The Labute approximate surface area is 85.8 Å². The molecule has 0 aromatic carbocycles. The Bertz CT molecular complexity index is 289. The second-order valence-corrected chi connectivity index (χ2v) is 4.53. The molecule has 1 N–H and O–H groups in total. The highest BCUT2D eigenvalue weighted by atomic mass is 16.3. The monoisotopic (exact) mass is 196 g/mol. The molecule has 0 aliphatic heterocycles. The molecule has 3 nitrogen and oxygen atoms in total. The van der Waals surface area contributed by atoms with Crippen LogP contribution in [0.25, 0.3) is 0 Å². The predicted molar refractivity (Wildman–Crippen MR) is 57.0 cm³/mol. The highest BCUT2D eigenvalue weighted by Gasteiger charge is 2.24. The van der Waals surface area contributed by atoms with E-state index in [-0.39, 0.29) is 0 Å². The quantitative estimate of drug-likeness (QED) is 0.797. The van der Waals surface area contributed by atoms with Gasteiger partial charge in [0.1, 0.15) is 0 Å². The van der Waals surface area contributed by atoms with E-state index >= 15 is 0 Å². The van der Waals surface area contributed by atoms with Gasteiger partial charge in [-0.3, -0.25) is 4.68 Å². The molecular weight excluding hydrogens is 176 g/mol. The summed E-state index contributed by atoms with van der Waals surface area (Å²) in [5, 5.41) is 14.1. The number of aromatic nitrogens is 2. The molecule has 0 fully saturated rings. The van der Waals surface area contributed by atoms with Crippen LogP contribution >= 0.6 is 0 Å². The van der Waals surface area contributed by atoms with Crippen LogP contribution in [-0.2, 0) is 13.5 Å². The second-order valence-electron chi connectivity index (χ2n) is 4.53. The van der Waals surface area contributed by atoms with E-state index in [4.69, 9.17) is 0 Å². The van der Waals surface area contributed by atoms with Crippen LogP contribution in [0.5, 0.6) is 0 Å². The Kier molecular flexibility index (Phi) is 3.32. The SMILES string of the molecule is CC(C)C(C)(O)CCc1cnn(C)c1. The van der Waals surface area contributed by atoms with E-state index in [1.807, 2.05) is 40.2 Å². The molecular formula is C11H20N2O. The van der Waals surface area contributed by atoms with E-state index < -0.39 is 5.60 Å². The highest BCUT2D eigenvalue weighted by molar-refractivity contribution is 5.04. The third-order valence-electron chi connectivity index (χ3n) is 2.92. The third kappa shape index (κ3) is 2.84. The van der Waals surface area contributed by atoms with Crippen LogP contribution in [0.4, 0.5) is 0 Å². The first-order valence-electron chi connectivity index (χ1n) is 5.12. The first-order valence-corrected chi connectivity index (χ1v) is 5.12. The lowest BCUT2D eigenvalue weighted by molar-refractivity contribution is 0.00568. The molecule has 1 heterocycles. The third-order valence-corrected chi connectivity index (χ3v) is 2.92. The molecule has 1 aromatic rings. The van der Waals surface area contributed by atoms with E-state index in [1.54, 1.807) is 4.68 Å². The van der Waals surface area contributed by atoms with E-state index in [0.717, 1.165) is 12.8 Å². The maximum atomic E-state index is 10.0. The molecule has 0 aliphatic rings. The first kappa shape index (κ1) is 11.2. The van der Waals surface area contributed by atoms with Crippen molar-refractivity contribution in [2.75, 3.05) is 0 Å². The number of aryl methyl sites for hydroxylation is 2. The summed E-state index contributed by atoms with van der Waals surface area (Å²) in [6.45, 7) is 5.99. The van der Waals surface area contributed by atoms with Crippen molar-refractivity contribution in [3.63, 3.8) is 0 Å². The summed E-state index contributed by atoms with van der Waals surface area (Å²) in [4.78, 5) is 0. The number of nitrogens with zero attached hydrogens (tertiary/aromatic N) is 2. The summed E-state index contributed by atoms with van der Waals surface area (Å²) in [6.07, 6.45) is 5.53. The smallest absolute Gasteiger partial charge is 0.0645 e. The van der Waals surface area contributed by atoms with Crippen LogP contribution in [0.1, 0.15) is 32.8 Å². The van der Waals surface area contributed by atoms with Crippen LogP contribution in [0.2, 0.25) is 0 Å². The van der Waals surface area contributed by atoms with E-state index in [0.29, 0.717) is 5.92 Å². The van der Waals surface area contributed by atoms with Crippen molar-refractivity contribution >= 4 is 0 Å². The van der Waals surface area contributed by atoms with Gasteiger partial charge in [0, 0.05) is 13.2 Å². The van der Waals surface area contributed by atoms with Gasteiger partial charge in [-0.25, -0.2) is 0 Å². The summed E-state index contributed by atoms with van der Waals surface area (Å²) in [5.41, 5.74) is 0.615. The van der Waals surface area contributed by atoms with Gasteiger partial charge in [0.2, 0.25) is 0 Å². The molecule has 1 unspecified atom stereocenters. The van der Waals surface area contributed by atoms with Crippen molar-refractivity contribution in [3.8, 4) is 0 Å². The lowest BCUT2D eigenvalue weighted by Gasteiger charge is -2.27. The topological polar surface area (TPSA) is 38.1 Å². The van der Waals surface area contributed by atoms with E-state index in [1.165, 1.54) is 5.56 Å². The minimum absolute atomic E-state index is 0.291. The summed E-state index contributed by atoms with van der Waals surface area (Å²) in [7, 11) is 1.91. The highest BCUT2D eigenvalue weighted by Crippen LogP contribution is 2.22. The second kappa shape index (κ2) is 4.13. The molecule has 14 heavy (non-hydrogen) atoms. The Morgan fingerprint density at radius 3 is 2.64 bits per heavy atom. The molecule has 0 saturated carbocycles. The maximum absolute atomic E-state index is 10.0. The molecule has 0 spiro atoms. The van der Waals surface area contributed by atoms with E-state index in [9.17, 15) is 5.11 Å². The number of aliphatic hydroxyl groups is 1. The van der Waals surface area contributed by atoms with Crippen molar-refractivity contribution in [1.29, 1.82) is 0 Å². The lowest BCUT2D eigenvalue weighted by Crippen LogP contribution is -2.31.